The molecule has 0 saturated heterocycles. The summed E-state index contributed by atoms with van der Waals surface area (Å²) in [6.45, 7) is -0.331. The molecule has 4 aliphatic carbocycles. The largest absolute Gasteiger partial charge is 0.478 e. The Hall–Kier alpha value is -10.3. The van der Waals surface area contributed by atoms with E-state index in [0.29, 0.717) is 33.7 Å². The lowest BCUT2D eigenvalue weighted by molar-refractivity contribution is 0.0686. The van der Waals surface area contributed by atoms with Crippen LogP contribution in [0.3, 0.4) is 0 Å². The number of rotatable bonds is 16. The molecule has 2 atom stereocenters. The molecule has 6 aromatic carbocycles. The van der Waals surface area contributed by atoms with Crippen LogP contribution in [0.2, 0.25) is 0 Å². The van der Waals surface area contributed by atoms with Crippen LogP contribution in [-0.4, -0.2) is 51.2 Å². The number of hydrogen-bond donors (Lipinski definition) is 2. The highest BCUT2D eigenvalue weighted by molar-refractivity contribution is 5.93. The van der Waals surface area contributed by atoms with Gasteiger partial charge in [-0.2, -0.15) is 10.5 Å². The second-order valence-electron chi connectivity index (χ2n) is 23.0. The molecule has 0 radical (unpaired) electrons. The minimum absolute atomic E-state index is 0.0272. The topological polar surface area (TPSA) is 202 Å². The zero-order valence-corrected chi connectivity index (χ0v) is 46.7. The summed E-state index contributed by atoms with van der Waals surface area (Å²) in [4.78, 5) is 41.4. The molecule has 14 rings (SSSR count). The summed E-state index contributed by atoms with van der Waals surface area (Å²) in [7, 11) is 0. The molecule has 14 nitrogen and oxygen atoms in total. The van der Waals surface area contributed by atoms with Gasteiger partial charge < -0.3 is 28.8 Å². The van der Waals surface area contributed by atoms with E-state index in [1.165, 1.54) is 60.7 Å². The molecule has 0 amide bonds. The maximum atomic E-state index is 15.6. The van der Waals surface area contributed by atoms with Crippen LogP contribution in [0.1, 0.15) is 129 Å². The highest BCUT2D eigenvalue weighted by atomic mass is 19.1. The molecule has 10 aromatic rings. The summed E-state index contributed by atoms with van der Waals surface area (Å²) >= 11 is 0. The molecule has 0 bridgehead atoms. The van der Waals surface area contributed by atoms with E-state index >= 15 is 17.6 Å². The summed E-state index contributed by atoms with van der Waals surface area (Å²) < 4.78 is 106. The Morgan fingerprint density at radius 3 is 1.25 bits per heavy atom. The molecule has 20 heteroatoms. The van der Waals surface area contributed by atoms with Crippen molar-refractivity contribution in [2.24, 2.45) is 10.8 Å². The van der Waals surface area contributed by atoms with Crippen LogP contribution in [0, 0.1) is 68.4 Å². The quantitative estimate of drug-likeness (QED) is 0.0868. The van der Waals surface area contributed by atoms with E-state index < -0.39 is 46.8 Å². The van der Waals surface area contributed by atoms with E-state index in [-0.39, 0.29) is 128 Å². The van der Waals surface area contributed by atoms with Gasteiger partial charge in [0.05, 0.1) is 67.8 Å². The molecular weight excluding hydrogens is 1140 g/mol. The van der Waals surface area contributed by atoms with E-state index in [1.807, 2.05) is 21.3 Å². The van der Waals surface area contributed by atoms with Gasteiger partial charge in [0, 0.05) is 59.3 Å². The van der Waals surface area contributed by atoms with Crippen molar-refractivity contribution in [2.45, 2.75) is 89.5 Å². The first-order chi connectivity index (χ1) is 42.5. The van der Waals surface area contributed by atoms with Crippen LogP contribution < -0.4 is 9.47 Å². The van der Waals surface area contributed by atoms with Gasteiger partial charge in [0.1, 0.15) is 59.8 Å². The highest BCUT2D eigenvalue weighted by Gasteiger charge is 2.58. The number of ether oxygens (including phenoxy) is 2. The number of halogens is 6. The fourth-order valence-corrected chi connectivity index (χ4v) is 12.4. The number of hydrogen-bond acceptors (Lipinski definition) is 10. The van der Waals surface area contributed by atoms with Gasteiger partial charge in [-0.1, -0.05) is 24.3 Å². The predicted octanol–water partition coefficient (Wildman–Crippen LogP) is 14.7. The van der Waals surface area contributed by atoms with Gasteiger partial charge in [0.25, 0.3) is 0 Å². The Balaban J connectivity index is 0.000000162. The molecule has 4 heterocycles. The number of aromatic carboxylic acids is 2. The number of carboxylic acids is 2. The van der Waals surface area contributed by atoms with Gasteiger partial charge in [-0.05, 0) is 170 Å². The molecule has 4 aliphatic rings. The van der Waals surface area contributed by atoms with Gasteiger partial charge in [0.15, 0.2) is 0 Å². The molecule has 0 aliphatic heterocycles. The maximum absolute atomic E-state index is 15.6. The fraction of sp³-hybridized carbons (Fsp3) is 0.235. The van der Waals surface area contributed by atoms with Crippen LogP contribution >= 0.6 is 0 Å². The minimum atomic E-state index is -1.04. The van der Waals surface area contributed by atoms with Crippen molar-refractivity contribution in [1.82, 2.24) is 29.1 Å². The van der Waals surface area contributed by atoms with Crippen molar-refractivity contribution in [3.63, 3.8) is 0 Å². The minimum Gasteiger partial charge on any atom is -0.478 e. The van der Waals surface area contributed by atoms with E-state index in [9.17, 15) is 28.6 Å². The third-order valence-corrected chi connectivity index (χ3v) is 17.8. The van der Waals surface area contributed by atoms with Crippen molar-refractivity contribution in [2.75, 3.05) is 0 Å². The zero-order chi connectivity index (χ0) is 61.2. The lowest BCUT2D eigenvalue weighted by Gasteiger charge is -2.39. The first-order valence-electron chi connectivity index (χ1n) is 28.5. The molecule has 4 saturated carbocycles. The standard InChI is InChI=1S/2C34H25F3N4O3/c2*35-24-12-19(17-38)4-5-21(24)18-44-32-3-1-2-27(40-32)23-16-25(36)22(13-26(23)37)15-31-39-28-7-6-20(33(42)43)14-29(28)41(31)30-8-9-34(30)10-11-34/h2*1-7,12-14,16,30H,8-11,15,18H2,(H,42,43). The third-order valence-electron chi connectivity index (χ3n) is 17.8. The normalized spacial score (nSPS) is 16.5. The summed E-state index contributed by atoms with van der Waals surface area (Å²) in [5, 5.41) is 37.0. The number of aromatic nitrogens is 6. The smallest absolute Gasteiger partial charge is 0.335 e. The van der Waals surface area contributed by atoms with Crippen molar-refractivity contribution in [1.29, 1.82) is 10.5 Å². The molecule has 88 heavy (non-hydrogen) atoms. The third kappa shape index (κ3) is 10.8. The summed E-state index contributed by atoms with van der Waals surface area (Å²) in [5.41, 5.74) is 4.50. The Labute approximate surface area is 498 Å². The number of fused-ring (bicyclic) bond motifs is 2. The van der Waals surface area contributed by atoms with Crippen molar-refractivity contribution in [3.8, 4) is 46.4 Å². The Morgan fingerprint density at radius 2 is 0.898 bits per heavy atom. The van der Waals surface area contributed by atoms with Crippen LogP contribution in [0.25, 0.3) is 44.6 Å². The van der Waals surface area contributed by atoms with Gasteiger partial charge >= 0.3 is 11.9 Å². The molecular formula is C68H50F6N8O6. The summed E-state index contributed by atoms with van der Waals surface area (Å²) in [6.07, 6.45) is 8.43. The van der Waals surface area contributed by atoms with Gasteiger partial charge in [-0.25, -0.2) is 55.9 Å². The summed E-state index contributed by atoms with van der Waals surface area (Å²) in [5.74, 6) is -4.56. The Morgan fingerprint density at radius 1 is 0.489 bits per heavy atom. The second-order valence-corrected chi connectivity index (χ2v) is 23.0. The Bertz CT molecular complexity index is 4310. The maximum Gasteiger partial charge on any atom is 0.335 e. The number of nitriles is 2. The highest BCUT2D eigenvalue weighted by Crippen LogP contribution is 2.68. The number of nitrogens with zero attached hydrogens (tertiary/aromatic N) is 8. The lowest BCUT2D eigenvalue weighted by Crippen LogP contribution is -2.31. The first kappa shape index (κ1) is 56.8. The number of carboxylic acid groups (broad SMARTS) is 2. The van der Waals surface area contributed by atoms with E-state index in [2.05, 4.69) is 9.97 Å². The molecule has 4 aromatic heterocycles. The first-order valence-corrected chi connectivity index (χ1v) is 28.5. The average molecular weight is 1190 g/mol. The SMILES string of the molecule is N#Cc1ccc(COc2cccc(-c3cc(F)c(Cc4nc5ccc(C(=O)O)cc5n4C4CCC45CC5)cc3F)n2)c(F)c1.N#Cc1ccc(COc2cccc(-c3cc(F)c(Cc4nc5ccc(C(=O)O)cc5n4C4CCC45CC5)cc3F)n2)c(F)c1. The lowest BCUT2D eigenvalue weighted by atomic mass is 9.75. The number of imidazole rings is 2. The van der Waals surface area contributed by atoms with E-state index in [0.717, 1.165) is 87.8 Å². The van der Waals surface area contributed by atoms with Gasteiger partial charge in [-0.15, -0.1) is 0 Å². The van der Waals surface area contributed by atoms with Crippen molar-refractivity contribution in [3.05, 3.63) is 225 Å². The molecule has 2 unspecified atom stereocenters. The van der Waals surface area contributed by atoms with Crippen molar-refractivity contribution >= 4 is 34.0 Å². The molecule has 4 fully saturated rings. The molecule has 2 N–H and O–H groups in total. The van der Waals surface area contributed by atoms with Crippen LogP contribution in [0.5, 0.6) is 11.8 Å². The average Bonchev–Trinajstić information content (AvgIpc) is 1.60. The fourth-order valence-electron chi connectivity index (χ4n) is 12.4. The van der Waals surface area contributed by atoms with E-state index in [4.69, 9.17) is 30.0 Å². The van der Waals surface area contributed by atoms with Crippen LogP contribution in [0.4, 0.5) is 26.3 Å². The van der Waals surface area contributed by atoms with Crippen LogP contribution in [0.15, 0.2) is 133 Å². The predicted molar refractivity (Wildman–Crippen MR) is 309 cm³/mol. The number of pyridine rings is 2. The van der Waals surface area contributed by atoms with Gasteiger partial charge in [-0.3, -0.25) is 0 Å². The molecule has 440 valence electrons. The van der Waals surface area contributed by atoms with E-state index in [1.54, 1.807) is 36.4 Å². The zero-order valence-electron chi connectivity index (χ0n) is 46.7. The van der Waals surface area contributed by atoms with Gasteiger partial charge in [0.2, 0.25) is 11.8 Å². The van der Waals surface area contributed by atoms with Crippen LogP contribution in [-0.2, 0) is 26.1 Å². The monoisotopic (exact) mass is 1190 g/mol. The number of carbonyl (C=O) groups is 2. The molecule has 2 spiro atoms. The Kier molecular flexibility index (Phi) is 14.5. The number of benzene rings is 6. The summed E-state index contributed by atoms with van der Waals surface area (Å²) in [6, 6.07) is 35.4. The second kappa shape index (κ2) is 22.5. The van der Waals surface area contributed by atoms with Crippen molar-refractivity contribution < 1.29 is 55.6 Å².